The fourth-order valence-corrected chi connectivity index (χ4v) is 4.46. The molecule has 136 valence electrons. The van der Waals surface area contributed by atoms with E-state index < -0.39 is 15.2 Å². The van der Waals surface area contributed by atoms with Crippen molar-refractivity contribution in [1.82, 2.24) is 9.13 Å². The zero-order valence-electron chi connectivity index (χ0n) is 15.3. The fourth-order valence-electron chi connectivity index (χ4n) is 3.08. The van der Waals surface area contributed by atoms with Crippen LogP contribution in [0.4, 0.5) is 0 Å². The summed E-state index contributed by atoms with van der Waals surface area (Å²) in [5.74, 6) is 0. The van der Waals surface area contributed by atoms with E-state index in [4.69, 9.17) is 0 Å². The van der Waals surface area contributed by atoms with Crippen LogP contribution in [0.5, 0.6) is 0 Å². The van der Waals surface area contributed by atoms with E-state index in [2.05, 4.69) is 0 Å². The van der Waals surface area contributed by atoms with Crippen molar-refractivity contribution in [2.24, 2.45) is 7.05 Å². The minimum absolute atomic E-state index is 0.211. The summed E-state index contributed by atoms with van der Waals surface area (Å²) in [4.78, 5) is 13.0. The molecule has 1 heterocycles. The maximum absolute atomic E-state index is 13.1. The van der Waals surface area contributed by atoms with E-state index in [1.54, 1.807) is 38.2 Å². The highest BCUT2D eigenvalue weighted by atomic mass is 32.2. The summed E-state index contributed by atoms with van der Waals surface area (Å²) in [6.45, 7) is 5.28. The normalized spacial score (nSPS) is 12.9. The van der Waals surface area contributed by atoms with Crippen LogP contribution in [-0.2, 0) is 16.9 Å². The maximum Gasteiger partial charge on any atom is 0.329 e. The zero-order valence-corrected chi connectivity index (χ0v) is 16.1. The van der Waals surface area contributed by atoms with Crippen molar-refractivity contribution in [3.05, 3.63) is 76.3 Å². The largest absolute Gasteiger partial charge is 0.329 e. The monoisotopic (exact) mass is 370 g/mol. The molecule has 1 unspecified atom stereocenters. The molecule has 0 N–H and O–H groups in total. The van der Waals surface area contributed by atoms with Gasteiger partial charge in [0.25, 0.3) is 0 Å². The summed E-state index contributed by atoms with van der Waals surface area (Å²) < 4.78 is 29.1. The molecule has 0 saturated carbocycles. The summed E-state index contributed by atoms with van der Waals surface area (Å²) in [7, 11) is -2.06. The van der Waals surface area contributed by atoms with Gasteiger partial charge in [-0.3, -0.25) is 9.13 Å². The molecular formula is C20H22N2O3S. The number of sulfone groups is 1. The van der Waals surface area contributed by atoms with E-state index in [0.29, 0.717) is 5.69 Å². The minimum Gasteiger partial charge on any atom is -0.299 e. The van der Waals surface area contributed by atoms with E-state index in [1.807, 2.05) is 44.2 Å². The molecular weight excluding hydrogens is 348 g/mol. The lowest BCUT2D eigenvalue weighted by Gasteiger charge is -2.17. The molecule has 2 aromatic carbocycles. The van der Waals surface area contributed by atoms with Crippen LogP contribution in [0.3, 0.4) is 0 Å². The molecule has 0 aliphatic carbocycles. The molecule has 1 aromatic heterocycles. The minimum atomic E-state index is -3.72. The lowest BCUT2D eigenvalue weighted by molar-refractivity contribution is 0.553. The average molecular weight is 370 g/mol. The molecule has 0 amide bonds. The first kappa shape index (κ1) is 18.2. The van der Waals surface area contributed by atoms with Gasteiger partial charge < -0.3 is 0 Å². The molecule has 0 aliphatic heterocycles. The maximum atomic E-state index is 13.1. The Hall–Kier alpha value is -2.60. The molecule has 3 rings (SSSR count). The van der Waals surface area contributed by atoms with Crippen molar-refractivity contribution in [2.45, 2.75) is 31.0 Å². The standard InChI is InChI=1S/C20H22N2O3S/c1-14-10-12-18(13-11-14)26(24,25)16(3)22-19(15(2)21(4)20(22)23)17-8-6-5-7-9-17/h5-13,16H,1-4H3. The smallest absolute Gasteiger partial charge is 0.299 e. The lowest BCUT2D eigenvalue weighted by Crippen LogP contribution is -2.29. The molecule has 0 saturated heterocycles. The van der Waals surface area contributed by atoms with Crippen molar-refractivity contribution in [1.29, 1.82) is 0 Å². The van der Waals surface area contributed by atoms with Crippen molar-refractivity contribution in [3.8, 4) is 11.3 Å². The third-order valence-corrected chi connectivity index (χ3v) is 6.83. The number of nitrogens with zero attached hydrogens (tertiary/aromatic N) is 2. The molecule has 6 heteroatoms. The number of aryl methyl sites for hydroxylation is 1. The molecule has 3 aromatic rings. The molecule has 0 fully saturated rings. The Kier molecular flexibility index (Phi) is 4.63. The predicted molar refractivity (Wildman–Crippen MR) is 103 cm³/mol. The first-order valence-electron chi connectivity index (χ1n) is 8.39. The van der Waals surface area contributed by atoms with Crippen LogP contribution in [0, 0.1) is 13.8 Å². The topological polar surface area (TPSA) is 61.1 Å². The Bertz CT molecular complexity index is 1090. The highest BCUT2D eigenvalue weighted by molar-refractivity contribution is 7.91. The molecule has 0 bridgehead atoms. The molecule has 0 spiro atoms. The van der Waals surface area contributed by atoms with E-state index in [9.17, 15) is 13.2 Å². The quantitative estimate of drug-likeness (QED) is 0.706. The summed E-state index contributed by atoms with van der Waals surface area (Å²) in [6, 6.07) is 16.1. The van der Waals surface area contributed by atoms with Crippen LogP contribution in [0.1, 0.15) is 23.6 Å². The van der Waals surface area contributed by atoms with Crippen LogP contribution in [-0.4, -0.2) is 17.6 Å². The van der Waals surface area contributed by atoms with Crippen molar-refractivity contribution >= 4 is 9.84 Å². The predicted octanol–water partition coefficient (Wildman–Crippen LogP) is 3.46. The van der Waals surface area contributed by atoms with Crippen LogP contribution >= 0.6 is 0 Å². The number of hydrogen-bond donors (Lipinski definition) is 0. The van der Waals surface area contributed by atoms with Gasteiger partial charge in [-0.05, 0) is 32.9 Å². The molecule has 26 heavy (non-hydrogen) atoms. The van der Waals surface area contributed by atoms with Gasteiger partial charge in [0.05, 0.1) is 10.6 Å². The third-order valence-electron chi connectivity index (χ3n) is 4.79. The number of rotatable bonds is 4. The second-order valence-electron chi connectivity index (χ2n) is 6.47. The second-order valence-corrected chi connectivity index (χ2v) is 8.71. The zero-order chi connectivity index (χ0) is 19.1. The molecule has 0 aliphatic rings. The van der Waals surface area contributed by atoms with Crippen LogP contribution in [0.2, 0.25) is 0 Å². The molecule has 0 radical (unpaired) electrons. The fraction of sp³-hybridized carbons (Fsp3) is 0.250. The van der Waals surface area contributed by atoms with Gasteiger partial charge >= 0.3 is 5.69 Å². The summed E-state index contributed by atoms with van der Waals surface area (Å²) in [6.07, 6.45) is 0. The van der Waals surface area contributed by atoms with Crippen LogP contribution in [0.15, 0.2) is 64.3 Å². The van der Waals surface area contributed by atoms with Crippen LogP contribution in [0.25, 0.3) is 11.3 Å². The van der Waals surface area contributed by atoms with Gasteiger partial charge in [-0.1, -0.05) is 48.0 Å². The van der Waals surface area contributed by atoms with E-state index >= 15 is 0 Å². The Morgan fingerprint density at radius 3 is 2.08 bits per heavy atom. The summed E-state index contributed by atoms with van der Waals surface area (Å²) in [5.41, 5.74) is 2.81. The first-order valence-corrected chi connectivity index (χ1v) is 9.93. The number of hydrogen-bond acceptors (Lipinski definition) is 3. The van der Waals surface area contributed by atoms with Crippen molar-refractivity contribution in [3.63, 3.8) is 0 Å². The Labute approximate surface area is 153 Å². The number of imidazole rings is 1. The summed E-state index contributed by atoms with van der Waals surface area (Å²) in [5, 5.41) is -1.02. The van der Waals surface area contributed by atoms with E-state index in [-0.39, 0.29) is 10.6 Å². The van der Waals surface area contributed by atoms with Gasteiger partial charge in [0.15, 0.2) is 9.84 Å². The average Bonchev–Trinajstić information content (AvgIpc) is 2.86. The van der Waals surface area contributed by atoms with Gasteiger partial charge in [-0.15, -0.1) is 0 Å². The lowest BCUT2D eigenvalue weighted by atomic mass is 10.1. The third kappa shape index (κ3) is 2.90. The van der Waals surface area contributed by atoms with Crippen LogP contribution < -0.4 is 5.69 Å². The Balaban J connectivity index is 2.22. The van der Waals surface area contributed by atoms with Gasteiger partial charge in [0, 0.05) is 18.3 Å². The van der Waals surface area contributed by atoms with E-state index in [0.717, 1.165) is 16.8 Å². The highest BCUT2D eigenvalue weighted by Crippen LogP contribution is 2.30. The molecule has 5 nitrogen and oxygen atoms in total. The number of aromatic nitrogens is 2. The summed E-state index contributed by atoms with van der Waals surface area (Å²) >= 11 is 0. The molecule has 1 atom stereocenters. The number of benzene rings is 2. The SMILES string of the molecule is Cc1ccc(S(=O)(=O)C(C)n2c(-c3ccccc3)c(C)n(C)c2=O)cc1. The van der Waals surface area contributed by atoms with Gasteiger partial charge in [0.2, 0.25) is 0 Å². The van der Waals surface area contributed by atoms with E-state index in [1.165, 1.54) is 9.13 Å². The van der Waals surface area contributed by atoms with Crippen molar-refractivity contribution < 1.29 is 8.42 Å². The van der Waals surface area contributed by atoms with Gasteiger partial charge in [-0.2, -0.15) is 0 Å². The Morgan fingerprint density at radius 1 is 0.923 bits per heavy atom. The van der Waals surface area contributed by atoms with Gasteiger partial charge in [0.1, 0.15) is 5.37 Å². The van der Waals surface area contributed by atoms with Gasteiger partial charge in [-0.25, -0.2) is 13.2 Å². The van der Waals surface area contributed by atoms with Crippen molar-refractivity contribution in [2.75, 3.05) is 0 Å². The second kappa shape index (κ2) is 6.61. The Morgan fingerprint density at radius 2 is 1.50 bits per heavy atom. The first-order chi connectivity index (χ1) is 12.2. The highest BCUT2D eigenvalue weighted by Gasteiger charge is 2.30.